The first-order valence-electron chi connectivity index (χ1n) is 6.91. The Balaban J connectivity index is 2.12. The standard InChI is InChI=1S/C14H21NO4/c1-2-10-9-19-8-7-15(10)13(16)11-5-3-4-6-12(11)14(17)18/h3-4,10-12H,2,5-9H2,1H3,(H,17,18). The van der Waals surface area contributed by atoms with Crippen molar-refractivity contribution in [2.75, 3.05) is 19.8 Å². The van der Waals surface area contributed by atoms with Crippen LogP contribution in [0.2, 0.25) is 0 Å². The van der Waals surface area contributed by atoms with Gasteiger partial charge in [-0.15, -0.1) is 0 Å². The van der Waals surface area contributed by atoms with Crippen LogP contribution in [0.1, 0.15) is 26.2 Å². The largest absolute Gasteiger partial charge is 0.481 e. The molecule has 0 bridgehead atoms. The molecule has 1 fully saturated rings. The van der Waals surface area contributed by atoms with Gasteiger partial charge in [0.2, 0.25) is 5.91 Å². The van der Waals surface area contributed by atoms with Gasteiger partial charge in [0.1, 0.15) is 0 Å². The van der Waals surface area contributed by atoms with Crippen molar-refractivity contribution in [2.45, 2.75) is 32.2 Å². The first kappa shape index (κ1) is 14.1. The van der Waals surface area contributed by atoms with Gasteiger partial charge in [-0.1, -0.05) is 19.1 Å². The molecule has 0 spiro atoms. The third kappa shape index (κ3) is 2.97. The number of carbonyl (C=O) groups is 2. The van der Waals surface area contributed by atoms with Gasteiger partial charge in [-0.3, -0.25) is 9.59 Å². The Morgan fingerprint density at radius 3 is 2.63 bits per heavy atom. The number of carboxylic acid groups (broad SMARTS) is 1. The van der Waals surface area contributed by atoms with E-state index in [9.17, 15) is 14.7 Å². The molecule has 1 amide bonds. The van der Waals surface area contributed by atoms with Gasteiger partial charge >= 0.3 is 5.97 Å². The fourth-order valence-corrected chi connectivity index (χ4v) is 2.86. The van der Waals surface area contributed by atoms with Crippen LogP contribution in [0, 0.1) is 11.8 Å². The number of hydrogen-bond acceptors (Lipinski definition) is 3. The van der Waals surface area contributed by atoms with E-state index in [1.807, 2.05) is 24.0 Å². The molecule has 0 aromatic carbocycles. The van der Waals surface area contributed by atoms with Gasteiger partial charge in [0.25, 0.3) is 0 Å². The fraction of sp³-hybridized carbons (Fsp3) is 0.714. The zero-order valence-corrected chi connectivity index (χ0v) is 11.2. The van der Waals surface area contributed by atoms with Crippen LogP contribution in [0.4, 0.5) is 0 Å². The van der Waals surface area contributed by atoms with E-state index in [4.69, 9.17) is 4.74 Å². The van der Waals surface area contributed by atoms with Crippen LogP contribution in [0.25, 0.3) is 0 Å². The maximum Gasteiger partial charge on any atom is 0.307 e. The number of carbonyl (C=O) groups excluding carboxylic acids is 1. The summed E-state index contributed by atoms with van der Waals surface area (Å²) in [5, 5.41) is 9.25. The molecule has 2 aliphatic rings. The Bertz CT molecular complexity index is 380. The molecule has 0 radical (unpaired) electrons. The molecule has 1 heterocycles. The average Bonchev–Trinajstić information content (AvgIpc) is 2.46. The van der Waals surface area contributed by atoms with Gasteiger partial charge in [0, 0.05) is 6.54 Å². The molecule has 1 saturated heterocycles. The molecule has 0 saturated carbocycles. The normalized spacial score (nSPS) is 31.2. The summed E-state index contributed by atoms with van der Waals surface area (Å²) in [6, 6.07) is 0.0848. The summed E-state index contributed by atoms with van der Waals surface area (Å²) in [6.45, 7) is 3.70. The second-order valence-corrected chi connectivity index (χ2v) is 5.16. The Morgan fingerprint density at radius 1 is 1.32 bits per heavy atom. The van der Waals surface area contributed by atoms with E-state index in [0.717, 1.165) is 6.42 Å². The van der Waals surface area contributed by atoms with Gasteiger partial charge in [0.15, 0.2) is 0 Å². The van der Waals surface area contributed by atoms with Crippen molar-refractivity contribution in [3.63, 3.8) is 0 Å². The van der Waals surface area contributed by atoms with E-state index in [0.29, 0.717) is 32.6 Å². The summed E-state index contributed by atoms with van der Waals surface area (Å²) in [7, 11) is 0. The Kier molecular flexibility index (Phi) is 4.58. The van der Waals surface area contributed by atoms with E-state index in [-0.39, 0.29) is 11.9 Å². The van der Waals surface area contributed by atoms with Crippen molar-refractivity contribution in [1.82, 2.24) is 4.90 Å². The molecule has 19 heavy (non-hydrogen) atoms. The third-order valence-electron chi connectivity index (χ3n) is 4.05. The summed E-state index contributed by atoms with van der Waals surface area (Å²) in [4.78, 5) is 25.7. The summed E-state index contributed by atoms with van der Waals surface area (Å²) >= 11 is 0. The summed E-state index contributed by atoms with van der Waals surface area (Å²) in [6.07, 6.45) is 5.60. The first-order valence-corrected chi connectivity index (χ1v) is 6.91. The molecular formula is C14H21NO4. The maximum absolute atomic E-state index is 12.6. The molecule has 1 aliphatic carbocycles. The monoisotopic (exact) mass is 267 g/mol. The molecule has 2 rings (SSSR count). The van der Waals surface area contributed by atoms with Gasteiger partial charge in [-0.25, -0.2) is 0 Å². The zero-order chi connectivity index (χ0) is 13.8. The highest BCUT2D eigenvalue weighted by Crippen LogP contribution is 2.29. The quantitative estimate of drug-likeness (QED) is 0.782. The highest BCUT2D eigenvalue weighted by atomic mass is 16.5. The van der Waals surface area contributed by atoms with Crippen LogP contribution in [-0.2, 0) is 14.3 Å². The van der Waals surface area contributed by atoms with Gasteiger partial charge in [-0.05, 0) is 19.3 Å². The number of morpholine rings is 1. The van der Waals surface area contributed by atoms with Gasteiger partial charge in [0.05, 0.1) is 31.1 Å². The van der Waals surface area contributed by atoms with Crippen LogP contribution in [0.15, 0.2) is 12.2 Å². The number of allylic oxidation sites excluding steroid dienone is 2. The average molecular weight is 267 g/mol. The van der Waals surface area contributed by atoms with E-state index < -0.39 is 17.8 Å². The van der Waals surface area contributed by atoms with Crippen molar-refractivity contribution in [1.29, 1.82) is 0 Å². The van der Waals surface area contributed by atoms with Gasteiger partial charge in [-0.2, -0.15) is 0 Å². The maximum atomic E-state index is 12.6. The molecule has 0 aromatic rings. The van der Waals surface area contributed by atoms with Gasteiger partial charge < -0.3 is 14.7 Å². The topological polar surface area (TPSA) is 66.8 Å². The molecule has 1 aliphatic heterocycles. The highest BCUT2D eigenvalue weighted by Gasteiger charge is 2.38. The number of nitrogens with zero attached hydrogens (tertiary/aromatic N) is 1. The van der Waals surface area contributed by atoms with E-state index in [1.165, 1.54) is 0 Å². The van der Waals surface area contributed by atoms with Crippen LogP contribution < -0.4 is 0 Å². The lowest BCUT2D eigenvalue weighted by molar-refractivity contribution is -0.154. The summed E-state index contributed by atoms with van der Waals surface area (Å²) in [5.74, 6) is -1.90. The Labute approximate surface area is 113 Å². The van der Waals surface area contributed by atoms with E-state index >= 15 is 0 Å². The van der Waals surface area contributed by atoms with E-state index in [1.54, 1.807) is 0 Å². The lowest BCUT2D eigenvalue weighted by atomic mass is 9.81. The van der Waals surface area contributed by atoms with Crippen molar-refractivity contribution in [3.8, 4) is 0 Å². The van der Waals surface area contributed by atoms with Crippen molar-refractivity contribution in [3.05, 3.63) is 12.2 Å². The second kappa shape index (κ2) is 6.19. The van der Waals surface area contributed by atoms with Crippen LogP contribution >= 0.6 is 0 Å². The minimum Gasteiger partial charge on any atom is -0.481 e. The van der Waals surface area contributed by atoms with Crippen LogP contribution in [0.3, 0.4) is 0 Å². The number of aliphatic carboxylic acids is 1. The second-order valence-electron chi connectivity index (χ2n) is 5.16. The summed E-state index contributed by atoms with van der Waals surface area (Å²) < 4.78 is 5.39. The van der Waals surface area contributed by atoms with E-state index in [2.05, 4.69) is 0 Å². The minimum atomic E-state index is -0.871. The number of amides is 1. The molecule has 5 heteroatoms. The number of hydrogen-bond donors (Lipinski definition) is 1. The van der Waals surface area contributed by atoms with Crippen molar-refractivity contribution < 1.29 is 19.4 Å². The SMILES string of the molecule is CCC1COCCN1C(=O)C1CC=CCC1C(=O)O. The lowest BCUT2D eigenvalue weighted by Crippen LogP contribution is -2.52. The van der Waals surface area contributed by atoms with Crippen LogP contribution in [0.5, 0.6) is 0 Å². The predicted octanol–water partition coefficient (Wildman–Crippen LogP) is 1.29. The number of carboxylic acids is 1. The Hall–Kier alpha value is -1.36. The number of ether oxygens (including phenoxy) is 1. The fourth-order valence-electron chi connectivity index (χ4n) is 2.86. The van der Waals surface area contributed by atoms with Crippen molar-refractivity contribution >= 4 is 11.9 Å². The van der Waals surface area contributed by atoms with Crippen molar-refractivity contribution in [2.24, 2.45) is 11.8 Å². The molecule has 5 nitrogen and oxygen atoms in total. The van der Waals surface area contributed by atoms with Crippen LogP contribution in [-0.4, -0.2) is 47.7 Å². The minimum absolute atomic E-state index is 0.0214. The molecular weight excluding hydrogens is 246 g/mol. The summed E-state index contributed by atoms with van der Waals surface area (Å²) in [5.41, 5.74) is 0. The molecule has 106 valence electrons. The molecule has 0 aromatic heterocycles. The smallest absolute Gasteiger partial charge is 0.307 e. The predicted molar refractivity (Wildman–Crippen MR) is 69.6 cm³/mol. The molecule has 1 N–H and O–H groups in total. The lowest BCUT2D eigenvalue weighted by Gasteiger charge is -2.38. The Morgan fingerprint density at radius 2 is 2.00 bits per heavy atom. The first-order chi connectivity index (χ1) is 9.15. The highest BCUT2D eigenvalue weighted by molar-refractivity contribution is 5.85. The zero-order valence-electron chi connectivity index (χ0n) is 11.2. The molecule has 3 unspecified atom stereocenters. The number of rotatable bonds is 3. The molecule has 3 atom stereocenters. The third-order valence-corrected chi connectivity index (χ3v) is 4.05.